The summed E-state index contributed by atoms with van der Waals surface area (Å²) in [5, 5.41) is 1.11. The zero-order valence-electron chi connectivity index (χ0n) is 7.00. The van der Waals surface area contributed by atoms with Crippen LogP contribution in [0.4, 0.5) is 0 Å². The lowest BCUT2D eigenvalue weighted by atomic mass is 10.2. The summed E-state index contributed by atoms with van der Waals surface area (Å²) in [7, 11) is 0. The Balaban J connectivity index is 2.28. The van der Waals surface area contributed by atoms with E-state index in [0.717, 1.165) is 6.42 Å². The van der Waals surface area contributed by atoms with Crippen molar-refractivity contribution < 1.29 is 9.53 Å². The fourth-order valence-electron chi connectivity index (χ4n) is 1.15. The van der Waals surface area contributed by atoms with Crippen molar-refractivity contribution in [1.82, 2.24) is 0 Å². The molecule has 0 bridgehead atoms. The number of carbonyl (C=O) groups is 1. The molecule has 1 aliphatic heterocycles. The van der Waals surface area contributed by atoms with E-state index < -0.39 is 0 Å². The maximum Gasteiger partial charge on any atom is 0.306 e. The summed E-state index contributed by atoms with van der Waals surface area (Å²) >= 11 is 1.88. The third kappa shape index (κ3) is 3.14. The first-order valence-electron chi connectivity index (χ1n) is 3.99. The van der Waals surface area contributed by atoms with E-state index >= 15 is 0 Å². The third-order valence-electron chi connectivity index (χ3n) is 1.56. The van der Waals surface area contributed by atoms with Crippen LogP contribution in [0, 0.1) is 0 Å². The smallest absolute Gasteiger partial charge is 0.306 e. The summed E-state index contributed by atoms with van der Waals surface area (Å²) in [6, 6.07) is 0. The Morgan fingerprint density at radius 3 is 2.91 bits per heavy atom. The van der Waals surface area contributed by atoms with E-state index in [9.17, 15) is 4.79 Å². The van der Waals surface area contributed by atoms with Crippen LogP contribution in [-0.4, -0.2) is 23.1 Å². The normalized spacial score (nSPS) is 25.4. The van der Waals surface area contributed by atoms with Crippen LogP contribution in [0.15, 0.2) is 0 Å². The number of thioether (sulfide) groups is 1. The van der Waals surface area contributed by atoms with E-state index in [2.05, 4.69) is 13.8 Å². The molecule has 0 amide bonds. The molecule has 64 valence electrons. The molecule has 0 radical (unpaired) electrons. The monoisotopic (exact) mass is 174 g/mol. The van der Waals surface area contributed by atoms with Crippen LogP contribution in [0.1, 0.15) is 26.7 Å². The summed E-state index contributed by atoms with van der Waals surface area (Å²) in [5.74, 6) is -0.0330. The molecule has 1 heterocycles. The first-order valence-corrected chi connectivity index (χ1v) is 4.94. The van der Waals surface area contributed by atoms with Crippen LogP contribution in [-0.2, 0) is 9.53 Å². The average Bonchev–Trinajstić information content (AvgIpc) is 1.85. The highest BCUT2D eigenvalue weighted by Gasteiger charge is 2.21. The predicted molar refractivity (Wildman–Crippen MR) is 46.7 cm³/mol. The van der Waals surface area contributed by atoms with Gasteiger partial charge in [0.05, 0.1) is 13.0 Å². The van der Waals surface area contributed by atoms with Crippen LogP contribution in [0.25, 0.3) is 0 Å². The number of hydrogen-bond acceptors (Lipinski definition) is 3. The minimum Gasteiger partial charge on any atom is -0.466 e. The van der Waals surface area contributed by atoms with E-state index in [1.54, 1.807) is 0 Å². The highest BCUT2D eigenvalue weighted by molar-refractivity contribution is 8.00. The Bertz CT molecular complexity index is 145. The molecule has 1 unspecified atom stereocenters. The van der Waals surface area contributed by atoms with Gasteiger partial charge in [0.15, 0.2) is 0 Å². The molecule has 0 aromatic rings. The summed E-state index contributed by atoms with van der Waals surface area (Å²) in [6.45, 7) is 4.93. The lowest BCUT2D eigenvalue weighted by Crippen LogP contribution is -2.23. The second kappa shape index (κ2) is 4.00. The highest BCUT2D eigenvalue weighted by Crippen LogP contribution is 2.25. The molecule has 0 aromatic carbocycles. The van der Waals surface area contributed by atoms with Crippen LogP contribution >= 0.6 is 11.8 Å². The van der Waals surface area contributed by atoms with Gasteiger partial charge in [0.25, 0.3) is 0 Å². The van der Waals surface area contributed by atoms with E-state index in [0.29, 0.717) is 23.5 Å². The van der Waals surface area contributed by atoms with Crippen LogP contribution < -0.4 is 0 Å². The Morgan fingerprint density at radius 2 is 2.36 bits per heavy atom. The van der Waals surface area contributed by atoms with Gasteiger partial charge in [-0.3, -0.25) is 4.79 Å². The highest BCUT2D eigenvalue weighted by atomic mass is 32.2. The lowest BCUT2D eigenvalue weighted by molar-refractivity contribution is -0.146. The van der Waals surface area contributed by atoms with Crippen molar-refractivity contribution in [2.45, 2.75) is 37.2 Å². The number of cyclic esters (lactones) is 1. The molecule has 1 fully saturated rings. The van der Waals surface area contributed by atoms with E-state index in [4.69, 9.17) is 4.74 Å². The molecule has 0 aromatic heterocycles. The van der Waals surface area contributed by atoms with Gasteiger partial charge in [-0.15, -0.1) is 0 Å². The number of rotatable bonds is 2. The molecule has 2 nitrogen and oxygen atoms in total. The fraction of sp³-hybridized carbons (Fsp3) is 0.875. The van der Waals surface area contributed by atoms with Crippen molar-refractivity contribution >= 4 is 17.7 Å². The van der Waals surface area contributed by atoms with Gasteiger partial charge in [-0.1, -0.05) is 13.8 Å². The van der Waals surface area contributed by atoms with Crippen LogP contribution in [0.5, 0.6) is 0 Å². The Hall–Kier alpha value is -0.180. The first-order chi connectivity index (χ1) is 5.18. The molecule has 0 spiro atoms. The van der Waals surface area contributed by atoms with Gasteiger partial charge in [-0.2, -0.15) is 11.8 Å². The number of carbonyl (C=O) groups excluding carboxylic acids is 1. The van der Waals surface area contributed by atoms with Gasteiger partial charge >= 0.3 is 5.97 Å². The predicted octanol–water partition coefficient (Wildman–Crippen LogP) is 1.83. The van der Waals surface area contributed by atoms with Crippen molar-refractivity contribution in [2.24, 2.45) is 0 Å². The van der Waals surface area contributed by atoms with Crippen molar-refractivity contribution in [1.29, 1.82) is 0 Å². The SMILES string of the molecule is CC(C)SC1CCOC(=O)C1. The van der Waals surface area contributed by atoms with Gasteiger partial charge in [0.1, 0.15) is 0 Å². The molecular weight excluding hydrogens is 160 g/mol. The number of hydrogen-bond donors (Lipinski definition) is 0. The van der Waals surface area contributed by atoms with E-state index in [1.807, 2.05) is 11.8 Å². The second-order valence-corrected chi connectivity index (χ2v) is 4.90. The number of ether oxygens (including phenoxy) is 1. The third-order valence-corrected chi connectivity index (χ3v) is 2.89. The van der Waals surface area contributed by atoms with Gasteiger partial charge in [0, 0.05) is 5.25 Å². The van der Waals surface area contributed by atoms with Gasteiger partial charge in [-0.25, -0.2) is 0 Å². The molecule has 1 aliphatic rings. The van der Waals surface area contributed by atoms with Crippen molar-refractivity contribution in [3.63, 3.8) is 0 Å². The lowest BCUT2D eigenvalue weighted by Gasteiger charge is -2.22. The van der Waals surface area contributed by atoms with Gasteiger partial charge in [-0.05, 0) is 11.7 Å². The molecule has 0 N–H and O–H groups in total. The second-order valence-electron chi connectivity index (χ2n) is 3.02. The minimum absolute atomic E-state index is 0.0330. The molecule has 1 saturated heterocycles. The molecule has 0 aliphatic carbocycles. The van der Waals surface area contributed by atoms with Crippen molar-refractivity contribution in [2.75, 3.05) is 6.61 Å². The quantitative estimate of drug-likeness (QED) is 0.597. The molecule has 0 saturated carbocycles. The number of esters is 1. The average molecular weight is 174 g/mol. The van der Waals surface area contributed by atoms with Crippen LogP contribution in [0.3, 0.4) is 0 Å². The summed E-state index contributed by atoms with van der Waals surface area (Å²) in [4.78, 5) is 10.8. The Labute approximate surface area is 71.7 Å². The molecule has 11 heavy (non-hydrogen) atoms. The molecule has 1 atom stereocenters. The van der Waals surface area contributed by atoms with Gasteiger partial charge in [0.2, 0.25) is 0 Å². The standard InChI is InChI=1S/C8H14O2S/c1-6(2)11-7-3-4-10-8(9)5-7/h6-7H,3-5H2,1-2H3. The Morgan fingerprint density at radius 1 is 1.64 bits per heavy atom. The summed E-state index contributed by atoms with van der Waals surface area (Å²) < 4.78 is 4.84. The van der Waals surface area contributed by atoms with Gasteiger partial charge < -0.3 is 4.74 Å². The van der Waals surface area contributed by atoms with E-state index in [-0.39, 0.29) is 5.97 Å². The first kappa shape index (κ1) is 8.91. The maximum atomic E-state index is 10.8. The molecule has 1 rings (SSSR count). The molecular formula is C8H14O2S. The van der Waals surface area contributed by atoms with Crippen molar-refractivity contribution in [3.05, 3.63) is 0 Å². The zero-order chi connectivity index (χ0) is 8.27. The minimum atomic E-state index is -0.0330. The summed E-state index contributed by atoms with van der Waals surface area (Å²) in [5.41, 5.74) is 0. The largest absolute Gasteiger partial charge is 0.466 e. The topological polar surface area (TPSA) is 26.3 Å². The molecule has 3 heteroatoms. The Kier molecular flexibility index (Phi) is 3.24. The van der Waals surface area contributed by atoms with E-state index in [1.165, 1.54) is 0 Å². The zero-order valence-corrected chi connectivity index (χ0v) is 7.82. The maximum absolute atomic E-state index is 10.8. The van der Waals surface area contributed by atoms with Crippen LogP contribution in [0.2, 0.25) is 0 Å². The van der Waals surface area contributed by atoms with Crippen molar-refractivity contribution in [3.8, 4) is 0 Å². The fourth-order valence-corrected chi connectivity index (χ4v) is 2.39. The summed E-state index contributed by atoms with van der Waals surface area (Å²) in [6.07, 6.45) is 1.62.